The molecule has 77 valence electrons. The molecule has 1 atom stereocenters. The van der Waals surface area contributed by atoms with Gasteiger partial charge < -0.3 is 0 Å². The maximum atomic E-state index is 4.37. The van der Waals surface area contributed by atoms with Crippen molar-refractivity contribution in [1.29, 1.82) is 0 Å². The molecule has 1 unspecified atom stereocenters. The second-order valence-corrected chi connectivity index (χ2v) is 4.04. The molecule has 0 aliphatic heterocycles. The van der Waals surface area contributed by atoms with Crippen LogP contribution in [0.2, 0.25) is 0 Å². The lowest BCUT2D eigenvalue weighted by Gasteiger charge is -2.12. The van der Waals surface area contributed by atoms with Crippen molar-refractivity contribution in [3.63, 3.8) is 0 Å². The Morgan fingerprint density at radius 1 is 1.19 bits per heavy atom. The van der Waals surface area contributed by atoms with Crippen molar-refractivity contribution in [2.24, 2.45) is 0 Å². The van der Waals surface area contributed by atoms with Gasteiger partial charge in [0.05, 0.1) is 11.7 Å². The summed E-state index contributed by atoms with van der Waals surface area (Å²) in [5.41, 5.74) is 2.20. The average Bonchev–Trinajstić information content (AvgIpc) is 2.39. The SMILES string of the molecule is [c]1nc2ccccc2cc1C1C=CC=CC1. The maximum Gasteiger partial charge on any atom is 0.0935 e. The number of hydrogen-bond acceptors (Lipinski definition) is 1. The Morgan fingerprint density at radius 2 is 2.12 bits per heavy atom. The molecule has 0 fully saturated rings. The molecule has 0 saturated carbocycles. The Kier molecular flexibility index (Phi) is 2.30. The van der Waals surface area contributed by atoms with Crippen molar-refractivity contribution >= 4 is 10.9 Å². The summed E-state index contributed by atoms with van der Waals surface area (Å²) in [4.78, 5) is 4.37. The van der Waals surface area contributed by atoms with Crippen LogP contribution >= 0.6 is 0 Å². The Hall–Kier alpha value is -1.89. The topological polar surface area (TPSA) is 12.9 Å². The van der Waals surface area contributed by atoms with E-state index in [1.165, 1.54) is 10.9 Å². The van der Waals surface area contributed by atoms with E-state index in [-0.39, 0.29) is 0 Å². The predicted molar refractivity (Wildman–Crippen MR) is 66.2 cm³/mol. The molecule has 16 heavy (non-hydrogen) atoms. The highest BCUT2D eigenvalue weighted by Gasteiger charge is 2.09. The quantitative estimate of drug-likeness (QED) is 0.694. The smallest absolute Gasteiger partial charge is 0.0935 e. The van der Waals surface area contributed by atoms with Crippen LogP contribution in [0.1, 0.15) is 17.9 Å². The highest BCUT2D eigenvalue weighted by Crippen LogP contribution is 2.25. The molecular formula is C15H12N. The van der Waals surface area contributed by atoms with Crippen LogP contribution < -0.4 is 0 Å². The number of aromatic nitrogens is 1. The van der Waals surface area contributed by atoms with Crippen molar-refractivity contribution < 1.29 is 0 Å². The summed E-state index contributed by atoms with van der Waals surface area (Å²) in [5, 5.41) is 1.19. The van der Waals surface area contributed by atoms with Gasteiger partial charge in [-0.2, -0.15) is 0 Å². The molecule has 1 radical (unpaired) electrons. The third-order valence-corrected chi connectivity index (χ3v) is 2.93. The fourth-order valence-corrected chi connectivity index (χ4v) is 2.04. The van der Waals surface area contributed by atoms with Gasteiger partial charge in [0.15, 0.2) is 0 Å². The van der Waals surface area contributed by atoms with E-state index >= 15 is 0 Å². The van der Waals surface area contributed by atoms with Gasteiger partial charge in [-0.25, -0.2) is 4.98 Å². The average molecular weight is 206 g/mol. The number of benzene rings is 1. The van der Waals surface area contributed by atoms with Crippen LogP contribution in [0.3, 0.4) is 0 Å². The normalized spacial score (nSPS) is 19.1. The van der Waals surface area contributed by atoms with Gasteiger partial charge in [-0.15, -0.1) is 0 Å². The largest absolute Gasteiger partial charge is 0.246 e. The van der Waals surface area contributed by atoms with Gasteiger partial charge in [0, 0.05) is 11.3 Å². The van der Waals surface area contributed by atoms with Crippen LogP contribution in [-0.4, -0.2) is 4.98 Å². The number of fused-ring (bicyclic) bond motifs is 1. The van der Waals surface area contributed by atoms with Gasteiger partial charge in [0.2, 0.25) is 0 Å². The summed E-state index contributed by atoms with van der Waals surface area (Å²) in [6.07, 6.45) is 12.8. The highest BCUT2D eigenvalue weighted by atomic mass is 14.6. The van der Waals surface area contributed by atoms with E-state index in [4.69, 9.17) is 0 Å². The fourth-order valence-electron chi connectivity index (χ4n) is 2.04. The van der Waals surface area contributed by atoms with E-state index in [0.717, 1.165) is 11.9 Å². The molecule has 1 aliphatic carbocycles. The number of allylic oxidation sites excluding steroid dienone is 4. The first kappa shape index (κ1) is 9.34. The zero-order valence-corrected chi connectivity index (χ0v) is 8.93. The molecule has 0 saturated heterocycles. The van der Waals surface area contributed by atoms with Gasteiger partial charge in [-0.1, -0.05) is 42.5 Å². The summed E-state index contributed by atoms with van der Waals surface area (Å²) in [6.45, 7) is 0. The minimum Gasteiger partial charge on any atom is -0.246 e. The minimum absolute atomic E-state index is 0.433. The standard InChI is InChI=1S/C15H12N/c1-2-6-12(7-3-1)14-10-13-8-4-5-9-15(13)16-11-14/h1-6,8-10,12H,7H2. The summed E-state index contributed by atoms with van der Waals surface area (Å²) < 4.78 is 0. The van der Waals surface area contributed by atoms with Crippen LogP contribution in [-0.2, 0) is 0 Å². The van der Waals surface area contributed by atoms with E-state index in [0.29, 0.717) is 5.92 Å². The van der Waals surface area contributed by atoms with E-state index in [1.807, 2.05) is 18.2 Å². The van der Waals surface area contributed by atoms with Crippen molar-refractivity contribution in [2.45, 2.75) is 12.3 Å². The van der Waals surface area contributed by atoms with Crippen LogP contribution in [0.4, 0.5) is 0 Å². The molecule has 1 nitrogen and oxygen atoms in total. The van der Waals surface area contributed by atoms with E-state index in [9.17, 15) is 0 Å². The second-order valence-electron chi connectivity index (χ2n) is 4.04. The van der Waals surface area contributed by atoms with Crippen LogP contribution in [0.15, 0.2) is 54.6 Å². The molecule has 1 aromatic heterocycles. The molecule has 3 rings (SSSR count). The second kappa shape index (κ2) is 3.93. The summed E-state index contributed by atoms with van der Waals surface area (Å²) >= 11 is 0. The molecule has 1 aliphatic rings. The fraction of sp³-hybridized carbons (Fsp3) is 0.133. The first-order valence-electron chi connectivity index (χ1n) is 5.54. The Bertz CT molecular complexity index is 566. The van der Waals surface area contributed by atoms with Crippen LogP contribution in [0.5, 0.6) is 0 Å². The molecule has 2 aromatic rings. The van der Waals surface area contributed by atoms with Crippen LogP contribution in [0, 0.1) is 6.20 Å². The van der Waals surface area contributed by atoms with Gasteiger partial charge in [0.25, 0.3) is 0 Å². The first-order chi connectivity index (χ1) is 7.93. The zero-order valence-electron chi connectivity index (χ0n) is 8.93. The number of nitrogens with zero attached hydrogens (tertiary/aromatic N) is 1. The molecule has 0 amide bonds. The molecule has 1 aromatic carbocycles. The van der Waals surface area contributed by atoms with Gasteiger partial charge in [-0.05, 0) is 24.1 Å². The monoisotopic (exact) mass is 206 g/mol. The molecular weight excluding hydrogens is 194 g/mol. The Labute approximate surface area is 95.1 Å². The number of pyridine rings is 1. The highest BCUT2D eigenvalue weighted by molar-refractivity contribution is 5.78. The predicted octanol–water partition coefficient (Wildman–Crippen LogP) is 3.63. The summed E-state index contributed by atoms with van der Waals surface area (Å²) in [6, 6.07) is 10.4. The van der Waals surface area contributed by atoms with Gasteiger partial charge >= 0.3 is 0 Å². The van der Waals surface area contributed by atoms with Crippen LogP contribution in [0.25, 0.3) is 10.9 Å². The van der Waals surface area contributed by atoms with Gasteiger partial charge in [-0.3, -0.25) is 0 Å². The third kappa shape index (κ3) is 1.65. The van der Waals surface area contributed by atoms with Crippen molar-refractivity contribution in [2.75, 3.05) is 0 Å². The number of para-hydroxylation sites is 1. The maximum absolute atomic E-state index is 4.37. The Balaban J connectivity index is 2.05. The zero-order chi connectivity index (χ0) is 10.8. The number of rotatable bonds is 1. The molecule has 1 heteroatoms. The summed E-state index contributed by atoms with van der Waals surface area (Å²) in [5.74, 6) is 0.433. The number of hydrogen-bond donors (Lipinski definition) is 0. The molecule has 0 spiro atoms. The van der Waals surface area contributed by atoms with Crippen molar-refractivity contribution in [3.05, 3.63) is 66.4 Å². The third-order valence-electron chi connectivity index (χ3n) is 2.93. The van der Waals surface area contributed by atoms with Gasteiger partial charge in [0.1, 0.15) is 0 Å². The van der Waals surface area contributed by atoms with E-state index in [2.05, 4.69) is 47.6 Å². The van der Waals surface area contributed by atoms with Crippen molar-refractivity contribution in [1.82, 2.24) is 4.98 Å². The first-order valence-corrected chi connectivity index (χ1v) is 5.54. The lowest BCUT2D eigenvalue weighted by atomic mass is 9.93. The molecule has 1 heterocycles. The molecule has 0 N–H and O–H groups in total. The van der Waals surface area contributed by atoms with E-state index < -0.39 is 0 Å². The summed E-state index contributed by atoms with van der Waals surface area (Å²) in [7, 11) is 0. The lowest BCUT2D eigenvalue weighted by Crippen LogP contribution is -1.97. The Morgan fingerprint density at radius 3 is 3.00 bits per heavy atom. The van der Waals surface area contributed by atoms with Crippen molar-refractivity contribution in [3.8, 4) is 0 Å². The molecule has 0 bridgehead atoms. The minimum atomic E-state index is 0.433. The lowest BCUT2D eigenvalue weighted by molar-refractivity contribution is 0.847. The van der Waals surface area contributed by atoms with E-state index in [1.54, 1.807) is 0 Å².